The zero-order valence-electron chi connectivity index (χ0n) is 24.5. The van der Waals surface area contributed by atoms with E-state index in [1.165, 1.54) is 24.7 Å². The van der Waals surface area contributed by atoms with E-state index in [1.807, 2.05) is 14.0 Å². The Bertz CT molecular complexity index is 1680. The molecule has 1 aliphatic rings. The monoisotopic (exact) mass is 609 g/mol. The molecule has 1 amide bonds. The minimum atomic E-state index is -4.63. The van der Waals surface area contributed by atoms with Gasteiger partial charge in [0.05, 0.1) is 16.7 Å². The molecule has 230 valence electrons. The average Bonchev–Trinajstić information content (AvgIpc) is 3.44. The first kappa shape index (κ1) is 30.8. The van der Waals surface area contributed by atoms with Crippen LogP contribution in [0.3, 0.4) is 0 Å². The molecule has 9 nitrogen and oxygen atoms in total. The average molecular weight is 610 g/mol. The molecular weight excluding hydrogens is 578 g/mol. The second kappa shape index (κ2) is 12.5. The van der Waals surface area contributed by atoms with Gasteiger partial charge in [0.1, 0.15) is 17.9 Å². The molecule has 13 heteroatoms. The smallest absolute Gasteiger partial charge is 0.416 e. The van der Waals surface area contributed by atoms with Crippen LogP contribution in [-0.4, -0.2) is 57.9 Å². The first-order valence-corrected chi connectivity index (χ1v) is 14.0. The van der Waals surface area contributed by atoms with Gasteiger partial charge >= 0.3 is 6.18 Å². The number of pyridine rings is 1. The van der Waals surface area contributed by atoms with Gasteiger partial charge in [-0.15, -0.1) is 0 Å². The van der Waals surface area contributed by atoms with Gasteiger partial charge in [-0.1, -0.05) is 13.0 Å². The van der Waals surface area contributed by atoms with Crippen molar-refractivity contribution >= 4 is 17.5 Å². The van der Waals surface area contributed by atoms with Gasteiger partial charge in [-0.25, -0.2) is 19.3 Å². The number of hydrogen-bond acceptors (Lipinski definition) is 8. The molecule has 0 aliphatic carbocycles. The van der Waals surface area contributed by atoms with Gasteiger partial charge in [-0.2, -0.15) is 18.2 Å². The van der Waals surface area contributed by atoms with Gasteiger partial charge in [0.2, 0.25) is 11.8 Å². The Morgan fingerprint density at radius 3 is 2.64 bits per heavy atom. The summed E-state index contributed by atoms with van der Waals surface area (Å²) in [7, 11) is 3.64. The molecule has 0 bridgehead atoms. The highest BCUT2D eigenvalue weighted by molar-refractivity contribution is 6.05. The van der Waals surface area contributed by atoms with Gasteiger partial charge in [-0.05, 0) is 86.3 Å². The van der Waals surface area contributed by atoms with E-state index in [0.29, 0.717) is 22.6 Å². The first-order valence-electron chi connectivity index (χ1n) is 14.0. The van der Waals surface area contributed by atoms with Crippen LogP contribution in [0.1, 0.15) is 46.3 Å². The number of likely N-dealkylation sites (tertiary alicyclic amines) is 1. The summed E-state index contributed by atoms with van der Waals surface area (Å²) in [5.74, 6) is -0.937. The summed E-state index contributed by atoms with van der Waals surface area (Å²) in [4.78, 5) is 32.4. The van der Waals surface area contributed by atoms with Crippen molar-refractivity contribution in [2.75, 3.05) is 37.8 Å². The summed E-state index contributed by atoms with van der Waals surface area (Å²) in [6.07, 6.45) is -0.943. The van der Waals surface area contributed by atoms with Crippen molar-refractivity contribution in [2.24, 2.45) is 5.92 Å². The lowest BCUT2D eigenvalue weighted by Crippen LogP contribution is -2.20. The van der Waals surface area contributed by atoms with Crippen LogP contribution in [0.2, 0.25) is 0 Å². The number of carbonyl (C=O) groups is 1. The number of halogens is 4. The maximum atomic E-state index is 15.2. The van der Waals surface area contributed by atoms with Gasteiger partial charge in [0.25, 0.3) is 5.91 Å². The van der Waals surface area contributed by atoms with E-state index in [1.54, 1.807) is 26.1 Å². The molecule has 1 saturated heterocycles. The first-order chi connectivity index (χ1) is 20.9. The molecule has 44 heavy (non-hydrogen) atoms. The maximum absolute atomic E-state index is 15.2. The largest absolute Gasteiger partial charge is 0.438 e. The lowest BCUT2D eigenvalue weighted by molar-refractivity contribution is -0.137. The Labute approximate surface area is 251 Å². The van der Waals surface area contributed by atoms with E-state index in [0.717, 1.165) is 37.7 Å². The van der Waals surface area contributed by atoms with Crippen LogP contribution in [0.15, 0.2) is 55.0 Å². The summed E-state index contributed by atoms with van der Waals surface area (Å²) >= 11 is 0. The fourth-order valence-corrected chi connectivity index (χ4v) is 5.29. The number of benzene rings is 2. The van der Waals surface area contributed by atoms with E-state index in [4.69, 9.17) is 4.74 Å². The number of nitrogens with one attached hydrogen (secondary N) is 2. The predicted octanol–water partition coefficient (Wildman–Crippen LogP) is 6.54. The SMILES string of the molecule is CNc1ncnc(-c2cccnc2Oc2cc(C(=O)Nc3cc(C(F)(F)F)ccc3C(C)[C@H]3CCN(C)C3)c(F)cc2C)n1. The molecule has 0 saturated carbocycles. The number of nitrogens with zero attached hydrogens (tertiary/aromatic N) is 5. The molecule has 0 spiro atoms. The summed E-state index contributed by atoms with van der Waals surface area (Å²) < 4.78 is 62.2. The van der Waals surface area contributed by atoms with Crippen LogP contribution >= 0.6 is 0 Å². The van der Waals surface area contributed by atoms with E-state index >= 15 is 4.39 Å². The van der Waals surface area contributed by atoms with Gasteiger partial charge in [-0.3, -0.25) is 4.79 Å². The molecule has 1 fully saturated rings. The normalized spacial score (nSPS) is 16.0. The maximum Gasteiger partial charge on any atom is 0.416 e. The van der Waals surface area contributed by atoms with Crippen molar-refractivity contribution in [1.29, 1.82) is 0 Å². The van der Waals surface area contributed by atoms with Crippen LogP contribution in [0.25, 0.3) is 11.4 Å². The molecule has 4 aromatic rings. The molecular formula is C31H31F4N7O2. The molecule has 2 N–H and O–H groups in total. The second-order valence-electron chi connectivity index (χ2n) is 10.8. The third-order valence-corrected chi connectivity index (χ3v) is 7.78. The molecule has 1 aliphatic heterocycles. The molecule has 5 rings (SSSR count). The van der Waals surface area contributed by atoms with Crippen molar-refractivity contribution < 1.29 is 27.1 Å². The van der Waals surface area contributed by atoms with Crippen molar-refractivity contribution in [3.8, 4) is 23.0 Å². The molecule has 1 unspecified atom stereocenters. The van der Waals surface area contributed by atoms with Crippen molar-refractivity contribution in [3.05, 3.63) is 83.1 Å². The Morgan fingerprint density at radius 1 is 1.14 bits per heavy atom. The highest BCUT2D eigenvalue weighted by Gasteiger charge is 2.33. The number of alkyl halides is 3. The molecule has 2 aromatic heterocycles. The third kappa shape index (κ3) is 6.62. The van der Waals surface area contributed by atoms with E-state index in [9.17, 15) is 18.0 Å². The lowest BCUT2D eigenvalue weighted by Gasteiger charge is -2.24. The number of amides is 1. The molecule has 0 radical (unpaired) electrons. The van der Waals surface area contributed by atoms with Crippen LogP contribution < -0.4 is 15.4 Å². The number of hydrogen-bond donors (Lipinski definition) is 2. The number of aromatic nitrogens is 4. The number of aryl methyl sites for hydroxylation is 1. The zero-order valence-corrected chi connectivity index (χ0v) is 24.5. The molecule has 3 heterocycles. The van der Waals surface area contributed by atoms with Crippen molar-refractivity contribution in [1.82, 2.24) is 24.8 Å². The number of anilines is 2. The van der Waals surface area contributed by atoms with Crippen molar-refractivity contribution in [2.45, 2.75) is 32.4 Å². The fourth-order valence-electron chi connectivity index (χ4n) is 5.29. The second-order valence-corrected chi connectivity index (χ2v) is 10.8. The van der Waals surface area contributed by atoms with Crippen LogP contribution in [0.5, 0.6) is 11.6 Å². The van der Waals surface area contributed by atoms with Crippen LogP contribution in [0, 0.1) is 18.7 Å². The van der Waals surface area contributed by atoms with E-state index < -0.39 is 29.0 Å². The third-order valence-electron chi connectivity index (χ3n) is 7.78. The lowest BCUT2D eigenvalue weighted by atomic mass is 9.85. The van der Waals surface area contributed by atoms with E-state index in [-0.39, 0.29) is 35.0 Å². The Balaban J connectivity index is 1.47. The molecule has 2 atom stereocenters. The van der Waals surface area contributed by atoms with E-state index in [2.05, 4.69) is 35.5 Å². The predicted molar refractivity (Wildman–Crippen MR) is 157 cm³/mol. The van der Waals surface area contributed by atoms with Crippen molar-refractivity contribution in [3.63, 3.8) is 0 Å². The Kier molecular flexibility index (Phi) is 8.77. The zero-order chi connectivity index (χ0) is 31.6. The van der Waals surface area contributed by atoms with Gasteiger partial charge < -0.3 is 20.3 Å². The summed E-state index contributed by atoms with van der Waals surface area (Å²) in [5, 5.41) is 5.39. The van der Waals surface area contributed by atoms with Gasteiger partial charge in [0, 0.05) is 25.5 Å². The fraction of sp³-hybridized carbons (Fsp3) is 0.323. The minimum absolute atomic E-state index is 0.0171. The van der Waals surface area contributed by atoms with Gasteiger partial charge in [0.15, 0.2) is 5.82 Å². The summed E-state index contributed by atoms with van der Waals surface area (Å²) in [6, 6.07) is 8.98. The number of rotatable bonds is 8. The van der Waals surface area contributed by atoms with Crippen LogP contribution in [0.4, 0.5) is 29.2 Å². The number of ether oxygens (including phenoxy) is 1. The Hall–Kier alpha value is -4.65. The van der Waals surface area contributed by atoms with Crippen LogP contribution in [-0.2, 0) is 6.18 Å². The highest BCUT2D eigenvalue weighted by Crippen LogP contribution is 2.39. The summed E-state index contributed by atoms with van der Waals surface area (Å²) in [6.45, 7) is 5.17. The topological polar surface area (TPSA) is 105 Å². The molecule has 2 aromatic carbocycles. The quantitative estimate of drug-likeness (QED) is 0.217. The number of carbonyl (C=O) groups excluding carboxylic acids is 1. The Morgan fingerprint density at radius 2 is 1.93 bits per heavy atom. The minimum Gasteiger partial charge on any atom is -0.438 e. The standard InChI is InChI=1S/C31H31F4N7O2/c1-17-12-24(32)23(14-26(17)44-29-22(6-5-10-37-29)27-38-16-39-30(36-3)41-27)28(43)40-25-13-20(31(33,34)35)7-8-21(25)18(2)19-9-11-42(4)15-19/h5-8,10,12-14,16,18-19H,9,11,15H2,1-4H3,(H,40,43)(H,36,38,39,41)/t18?,19-/m0/s1. The highest BCUT2D eigenvalue weighted by atomic mass is 19.4. The summed E-state index contributed by atoms with van der Waals surface area (Å²) in [5.41, 5.74) is -0.00810.